The molecule has 0 bridgehead atoms. The second-order valence-electron chi connectivity index (χ2n) is 6.56. The number of benzene rings is 2. The van der Waals surface area contributed by atoms with Gasteiger partial charge in [0, 0.05) is 29.5 Å². The summed E-state index contributed by atoms with van der Waals surface area (Å²) in [5.74, 6) is 0. The molecule has 146 valence electrons. The van der Waals surface area contributed by atoms with Crippen LogP contribution in [0.3, 0.4) is 0 Å². The fourth-order valence-corrected chi connectivity index (χ4v) is 4.10. The summed E-state index contributed by atoms with van der Waals surface area (Å²) < 4.78 is 47.4. The Balaban J connectivity index is 1.95. The van der Waals surface area contributed by atoms with Gasteiger partial charge in [-0.15, -0.1) is 0 Å². The number of rotatable bonds is 4. The molecule has 1 aliphatic heterocycles. The maximum Gasteiger partial charge on any atom is 0.449 e. The molecule has 0 radical (unpaired) electrons. The molecular weight excluding hydrogens is 385 g/mol. The van der Waals surface area contributed by atoms with Crippen LogP contribution in [0.2, 0.25) is 0 Å². The zero-order valence-corrected chi connectivity index (χ0v) is 15.8. The second-order valence-corrected chi connectivity index (χ2v) is 7.59. The third kappa shape index (κ3) is 4.10. The lowest BCUT2D eigenvalue weighted by atomic mass is 10.0. The minimum atomic E-state index is -4.43. The predicted molar refractivity (Wildman–Crippen MR) is 104 cm³/mol. The third-order valence-electron chi connectivity index (χ3n) is 4.62. The van der Waals surface area contributed by atoms with E-state index >= 15 is 0 Å². The summed E-state index contributed by atoms with van der Waals surface area (Å²) in [7, 11) is 0. The number of hydrogen-bond acceptors (Lipinski definition) is 3. The van der Waals surface area contributed by atoms with E-state index in [0.717, 1.165) is 24.0 Å². The normalized spacial score (nSPS) is 17.6. The molecule has 0 saturated carbocycles. The van der Waals surface area contributed by atoms with Crippen LogP contribution in [-0.4, -0.2) is 21.7 Å². The zero-order chi connectivity index (χ0) is 19.6. The number of aromatic nitrogens is 2. The number of imidazole rings is 1. The molecule has 0 spiro atoms. The zero-order valence-electron chi connectivity index (χ0n) is 15.0. The van der Waals surface area contributed by atoms with Crippen molar-refractivity contribution in [3.63, 3.8) is 0 Å². The average molecular weight is 404 g/mol. The molecular formula is C21H19F3N2OS. The van der Waals surface area contributed by atoms with Crippen LogP contribution in [0.25, 0.3) is 22.5 Å². The highest BCUT2D eigenvalue weighted by Gasteiger charge is 2.36. The Labute approximate surface area is 165 Å². The molecule has 0 aliphatic carbocycles. The lowest BCUT2D eigenvalue weighted by molar-refractivity contribution is -0.0409. The van der Waals surface area contributed by atoms with Crippen molar-refractivity contribution in [2.45, 2.75) is 36.2 Å². The molecule has 7 heteroatoms. The quantitative estimate of drug-likeness (QED) is 0.463. The van der Waals surface area contributed by atoms with E-state index in [1.54, 1.807) is 4.57 Å². The van der Waals surface area contributed by atoms with Crippen LogP contribution in [0.1, 0.15) is 25.5 Å². The molecule has 1 aromatic heterocycles. The van der Waals surface area contributed by atoms with Gasteiger partial charge in [-0.05, 0) is 19.3 Å². The van der Waals surface area contributed by atoms with Gasteiger partial charge in [-0.25, -0.2) is 4.98 Å². The van der Waals surface area contributed by atoms with Gasteiger partial charge in [-0.1, -0.05) is 60.7 Å². The Morgan fingerprint density at radius 1 is 0.929 bits per heavy atom. The molecule has 2 heterocycles. The molecule has 0 N–H and O–H groups in total. The first-order chi connectivity index (χ1) is 13.5. The van der Waals surface area contributed by atoms with Crippen LogP contribution in [0.15, 0.2) is 65.8 Å². The van der Waals surface area contributed by atoms with Crippen LogP contribution in [0, 0.1) is 0 Å². The fraction of sp³-hybridized carbons (Fsp3) is 0.286. The summed E-state index contributed by atoms with van der Waals surface area (Å²) >= 11 is -0.183. The van der Waals surface area contributed by atoms with Crippen LogP contribution in [0.4, 0.5) is 13.2 Å². The molecule has 3 nitrogen and oxygen atoms in total. The first-order valence-corrected chi connectivity index (χ1v) is 9.95. The van der Waals surface area contributed by atoms with E-state index in [9.17, 15) is 13.2 Å². The Morgan fingerprint density at radius 2 is 1.57 bits per heavy atom. The average Bonchev–Trinajstić information content (AvgIpc) is 3.07. The van der Waals surface area contributed by atoms with Gasteiger partial charge in [0.05, 0.1) is 11.4 Å². The smallest absolute Gasteiger partial charge is 0.358 e. The summed E-state index contributed by atoms with van der Waals surface area (Å²) in [4.78, 5) is 4.44. The molecule has 3 aromatic rings. The van der Waals surface area contributed by atoms with Crippen LogP contribution < -0.4 is 0 Å². The Bertz CT molecular complexity index is 920. The summed E-state index contributed by atoms with van der Waals surface area (Å²) in [5, 5.41) is -0.0860. The predicted octanol–water partition coefficient (Wildman–Crippen LogP) is 6.53. The molecule has 1 fully saturated rings. The van der Waals surface area contributed by atoms with Crippen molar-refractivity contribution in [3.8, 4) is 22.5 Å². The van der Waals surface area contributed by atoms with E-state index in [1.807, 2.05) is 60.7 Å². The van der Waals surface area contributed by atoms with E-state index in [0.29, 0.717) is 24.4 Å². The van der Waals surface area contributed by atoms with Gasteiger partial charge in [-0.3, -0.25) is 4.57 Å². The lowest BCUT2D eigenvalue weighted by Crippen LogP contribution is -2.20. The minimum absolute atomic E-state index is 0.0860. The first-order valence-electron chi connectivity index (χ1n) is 9.13. The van der Waals surface area contributed by atoms with E-state index in [2.05, 4.69) is 4.98 Å². The molecule has 4 rings (SSSR count). The Morgan fingerprint density at radius 3 is 2.14 bits per heavy atom. The fourth-order valence-electron chi connectivity index (χ4n) is 3.45. The summed E-state index contributed by atoms with van der Waals surface area (Å²) in [6, 6.07) is 18.7. The molecule has 1 atom stereocenters. The second kappa shape index (κ2) is 8.01. The van der Waals surface area contributed by atoms with Crippen LogP contribution >= 0.6 is 11.8 Å². The van der Waals surface area contributed by atoms with E-state index in [-0.39, 0.29) is 16.9 Å². The van der Waals surface area contributed by atoms with Crippen LogP contribution in [0.5, 0.6) is 0 Å². The number of nitrogens with zero attached hydrogens (tertiary/aromatic N) is 2. The van der Waals surface area contributed by atoms with E-state index in [1.165, 1.54) is 0 Å². The van der Waals surface area contributed by atoms with Gasteiger partial charge < -0.3 is 4.74 Å². The maximum atomic E-state index is 13.3. The molecule has 28 heavy (non-hydrogen) atoms. The summed E-state index contributed by atoms with van der Waals surface area (Å²) in [5.41, 5.74) is -1.64. The molecule has 0 amide bonds. The third-order valence-corrected chi connectivity index (χ3v) is 5.33. The standard InChI is InChI=1S/C21H19F3N2OS/c22-21(23,24)28-20-25-18(15-9-3-1-4-10-15)19(16-11-5-2-6-12-16)26(20)17-13-7-8-14-27-17/h1-6,9-12,17H,7-8,13-14H2. The highest BCUT2D eigenvalue weighted by Crippen LogP contribution is 2.44. The van der Waals surface area contributed by atoms with Crippen molar-refractivity contribution < 1.29 is 17.9 Å². The Hall–Kier alpha value is -2.25. The van der Waals surface area contributed by atoms with Crippen molar-refractivity contribution in [2.75, 3.05) is 6.61 Å². The van der Waals surface area contributed by atoms with Crippen molar-refractivity contribution in [1.82, 2.24) is 9.55 Å². The van der Waals surface area contributed by atoms with Gasteiger partial charge >= 0.3 is 5.51 Å². The number of hydrogen-bond donors (Lipinski definition) is 0. The van der Waals surface area contributed by atoms with Gasteiger partial charge in [0.1, 0.15) is 6.23 Å². The van der Waals surface area contributed by atoms with Crippen molar-refractivity contribution in [3.05, 3.63) is 60.7 Å². The van der Waals surface area contributed by atoms with Gasteiger partial charge in [0.2, 0.25) is 0 Å². The number of alkyl halides is 3. The van der Waals surface area contributed by atoms with E-state index in [4.69, 9.17) is 4.74 Å². The number of thioether (sulfide) groups is 1. The van der Waals surface area contributed by atoms with Crippen molar-refractivity contribution in [2.24, 2.45) is 0 Å². The molecule has 2 aromatic carbocycles. The Kier molecular flexibility index (Phi) is 5.46. The van der Waals surface area contributed by atoms with Crippen LogP contribution in [-0.2, 0) is 4.74 Å². The summed E-state index contributed by atoms with van der Waals surface area (Å²) in [6.07, 6.45) is 2.03. The summed E-state index contributed by atoms with van der Waals surface area (Å²) in [6.45, 7) is 0.536. The molecule has 1 saturated heterocycles. The van der Waals surface area contributed by atoms with Gasteiger partial charge in [0.15, 0.2) is 5.16 Å². The van der Waals surface area contributed by atoms with Gasteiger partial charge in [0.25, 0.3) is 0 Å². The van der Waals surface area contributed by atoms with Crippen molar-refractivity contribution >= 4 is 11.8 Å². The highest BCUT2D eigenvalue weighted by atomic mass is 32.2. The minimum Gasteiger partial charge on any atom is -0.358 e. The largest absolute Gasteiger partial charge is 0.449 e. The molecule has 1 aliphatic rings. The monoisotopic (exact) mass is 404 g/mol. The number of ether oxygens (including phenoxy) is 1. The van der Waals surface area contributed by atoms with E-state index < -0.39 is 11.7 Å². The lowest BCUT2D eigenvalue weighted by Gasteiger charge is -2.27. The first kappa shape index (κ1) is 19.1. The number of halogens is 3. The topological polar surface area (TPSA) is 27.1 Å². The van der Waals surface area contributed by atoms with Crippen molar-refractivity contribution in [1.29, 1.82) is 0 Å². The van der Waals surface area contributed by atoms with Gasteiger partial charge in [-0.2, -0.15) is 13.2 Å². The highest BCUT2D eigenvalue weighted by molar-refractivity contribution is 8.00. The SMILES string of the molecule is FC(F)(F)Sc1nc(-c2ccccc2)c(-c2ccccc2)n1C1CCCCO1. The molecule has 1 unspecified atom stereocenters. The maximum absolute atomic E-state index is 13.3.